The van der Waals surface area contributed by atoms with Gasteiger partial charge in [-0.1, -0.05) is 24.3 Å². The molecular weight excluding hydrogens is 668 g/mol. The van der Waals surface area contributed by atoms with E-state index >= 15 is 0 Å². The molecule has 2 fully saturated rings. The summed E-state index contributed by atoms with van der Waals surface area (Å²) in [6.45, 7) is -2.90. The second-order valence-electron chi connectivity index (χ2n) is 11.8. The minimum Gasteiger partial charge on any atom is -0.480 e. The van der Waals surface area contributed by atoms with E-state index in [4.69, 9.17) is 0 Å². The number of hydrogen-bond donors (Lipinski definition) is 6. The molecule has 6 N–H and O–H groups in total. The van der Waals surface area contributed by atoms with E-state index in [2.05, 4.69) is 0 Å². The highest BCUT2D eigenvalue weighted by molar-refractivity contribution is 5.88. The van der Waals surface area contributed by atoms with E-state index in [1.807, 2.05) is 0 Å². The minimum atomic E-state index is -1.24. The second-order valence-corrected chi connectivity index (χ2v) is 11.8. The third kappa shape index (κ3) is 11.5. The Morgan fingerprint density at radius 1 is 0.520 bits per heavy atom. The largest absolute Gasteiger partial charge is 0.480 e. The minimum absolute atomic E-state index is 0.0366. The van der Waals surface area contributed by atoms with Gasteiger partial charge in [0.1, 0.15) is 25.2 Å². The Kier molecular flexibility index (Phi) is 14.1. The summed E-state index contributed by atoms with van der Waals surface area (Å²) in [5.41, 5.74) is 0.784. The molecule has 2 aliphatic rings. The maximum absolute atomic E-state index is 13.6. The smallest absolute Gasteiger partial charge is 0.323 e. The number of benzene rings is 1. The molecular formula is C30H40N6O14. The van der Waals surface area contributed by atoms with Crippen LogP contribution in [0.1, 0.15) is 23.2 Å². The molecule has 2 heterocycles. The standard InChI is InChI=1S/C30H40N6O14/c37-21(38)13-31(14-22(39)40)5-7-33-9-11-35(17-25(45)46)29(49)27(33)19-1-2-20(4-3-19)28-30(50)36(18-26(47)48)12-10-34(28)8-6-32(15-23(41)42)16-24(43)44/h1-4,27-28H,5-18H2,(H,37,38)(H,39,40)(H,41,42)(H,43,44)(H,45,46)(H,47,48). The maximum atomic E-state index is 13.6. The SMILES string of the molecule is O=C(O)CN(CCN1CCN(CC(=O)O)C(=O)C1c1ccc(C2C(=O)N(CC(=O)O)CCN2CCN(CC(=O)O)CC(=O)O)cc1)CC(=O)O. The third-order valence-corrected chi connectivity index (χ3v) is 8.20. The van der Waals surface area contributed by atoms with E-state index in [1.54, 1.807) is 34.1 Å². The number of hydrogen-bond acceptors (Lipinski definition) is 12. The van der Waals surface area contributed by atoms with Crippen LogP contribution in [0, 0.1) is 0 Å². The zero-order valence-electron chi connectivity index (χ0n) is 27.0. The van der Waals surface area contributed by atoms with Crippen molar-refractivity contribution in [3.8, 4) is 0 Å². The Morgan fingerprint density at radius 3 is 1.08 bits per heavy atom. The third-order valence-electron chi connectivity index (χ3n) is 8.20. The highest BCUT2D eigenvalue weighted by Crippen LogP contribution is 2.31. The lowest BCUT2D eigenvalue weighted by molar-refractivity contribution is -0.151. The van der Waals surface area contributed by atoms with Crippen molar-refractivity contribution < 1.29 is 69.0 Å². The molecule has 2 atom stereocenters. The van der Waals surface area contributed by atoms with E-state index in [9.17, 15) is 69.0 Å². The Bertz CT molecular complexity index is 1320. The predicted octanol–water partition coefficient (Wildman–Crippen LogP) is -2.83. The average molecular weight is 709 g/mol. The number of rotatable bonds is 20. The summed E-state index contributed by atoms with van der Waals surface area (Å²) in [5, 5.41) is 55.6. The van der Waals surface area contributed by atoms with Gasteiger partial charge in [0.05, 0.1) is 26.2 Å². The zero-order chi connectivity index (χ0) is 37.1. The van der Waals surface area contributed by atoms with Gasteiger partial charge in [-0.15, -0.1) is 0 Å². The van der Waals surface area contributed by atoms with Crippen LogP contribution in [0.4, 0.5) is 0 Å². The van der Waals surface area contributed by atoms with Gasteiger partial charge in [-0.05, 0) is 11.1 Å². The monoisotopic (exact) mass is 708 g/mol. The number of carbonyl (C=O) groups is 8. The van der Waals surface area contributed by atoms with Gasteiger partial charge >= 0.3 is 35.8 Å². The fourth-order valence-corrected chi connectivity index (χ4v) is 6.06. The van der Waals surface area contributed by atoms with E-state index in [1.165, 1.54) is 9.80 Å². The quantitative estimate of drug-likeness (QED) is 0.0796. The van der Waals surface area contributed by atoms with Crippen molar-refractivity contribution in [2.45, 2.75) is 12.1 Å². The van der Waals surface area contributed by atoms with Crippen LogP contribution in [0.5, 0.6) is 0 Å². The van der Waals surface area contributed by atoms with Crippen LogP contribution in [-0.2, 0) is 38.4 Å². The van der Waals surface area contributed by atoms with E-state index < -0.39 is 99.0 Å². The molecule has 274 valence electrons. The van der Waals surface area contributed by atoms with Gasteiger partial charge in [0, 0.05) is 52.4 Å². The number of carboxylic acids is 6. The van der Waals surface area contributed by atoms with Gasteiger partial charge < -0.3 is 40.4 Å². The van der Waals surface area contributed by atoms with Gasteiger partial charge in [0.15, 0.2) is 0 Å². The van der Waals surface area contributed by atoms with Crippen LogP contribution in [0.3, 0.4) is 0 Å². The van der Waals surface area contributed by atoms with Crippen LogP contribution in [-0.4, -0.2) is 199 Å². The first kappa shape index (κ1) is 39.3. The van der Waals surface area contributed by atoms with Crippen molar-refractivity contribution in [2.75, 3.05) is 91.6 Å². The molecule has 50 heavy (non-hydrogen) atoms. The molecule has 0 bridgehead atoms. The molecule has 3 rings (SSSR count). The number of amides is 2. The number of piperazine rings is 2. The normalized spacial score (nSPS) is 18.8. The molecule has 1 aromatic rings. The van der Waals surface area contributed by atoms with Gasteiger partial charge in [-0.25, -0.2) is 0 Å². The molecule has 2 aliphatic heterocycles. The van der Waals surface area contributed by atoms with Crippen molar-refractivity contribution in [3.05, 3.63) is 35.4 Å². The first-order valence-electron chi connectivity index (χ1n) is 15.5. The summed E-state index contributed by atoms with van der Waals surface area (Å²) in [5.74, 6) is -8.57. The summed E-state index contributed by atoms with van der Waals surface area (Å²) in [6.07, 6.45) is 0. The van der Waals surface area contributed by atoms with E-state index in [0.29, 0.717) is 11.1 Å². The van der Waals surface area contributed by atoms with E-state index in [0.717, 1.165) is 9.80 Å². The van der Waals surface area contributed by atoms with Crippen molar-refractivity contribution in [1.29, 1.82) is 0 Å². The van der Waals surface area contributed by atoms with Crippen LogP contribution in [0.25, 0.3) is 0 Å². The summed E-state index contributed by atoms with van der Waals surface area (Å²) in [6, 6.07) is 4.09. The lowest BCUT2D eigenvalue weighted by Gasteiger charge is -2.42. The molecule has 2 unspecified atom stereocenters. The lowest BCUT2D eigenvalue weighted by atomic mass is 9.95. The average Bonchev–Trinajstić information content (AvgIpc) is 3.00. The summed E-state index contributed by atoms with van der Waals surface area (Å²) in [4.78, 5) is 103. The molecule has 2 saturated heterocycles. The molecule has 20 heteroatoms. The molecule has 2 amide bonds. The van der Waals surface area contributed by atoms with Gasteiger partial charge in [-0.3, -0.25) is 58.0 Å². The van der Waals surface area contributed by atoms with Gasteiger partial charge in [-0.2, -0.15) is 0 Å². The summed E-state index contributed by atoms with van der Waals surface area (Å²) < 4.78 is 0. The van der Waals surface area contributed by atoms with Crippen LogP contribution in [0.15, 0.2) is 24.3 Å². The molecule has 0 spiro atoms. The van der Waals surface area contributed by atoms with E-state index in [-0.39, 0.29) is 52.4 Å². The Hall–Kier alpha value is -5.18. The predicted molar refractivity (Wildman–Crippen MR) is 167 cm³/mol. The number of nitrogens with zero attached hydrogens (tertiary/aromatic N) is 6. The van der Waals surface area contributed by atoms with Crippen LogP contribution >= 0.6 is 0 Å². The van der Waals surface area contributed by atoms with Crippen molar-refractivity contribution in [2.24, 2.45) is 0 Å². The molecule has 0 aromatic heterocycles. The number of aliphatic carboxylic acids is 6. The highest BCUT2D eigenvalue weighted by Gasteiger charge is 2.39. The van der Waals surface area contributed by atoms with Crippen molar-refractivity contribution in [3.63, 3.8) is 0 Å². The Morgan fingerprint density at radius 2 is 0.820 bits per heavy atom. The summed E-state index contributed by atoms with van der Waals surface area (Å²) >= 11 is 0. The van der Waals surface area contributed by atoms with Crippen LogP contribution in [0.2, 0.25) is 0 Å². The zero-order valence-corrected chi connectivity index (χ0v) is 27.0. The van der Waals surface area contributed by atoms with Gasteiger partial charge in [0.25, 0.3) is 0 Å². The van der Waals surface area contributed by atoms with Crippen molar-refractivity contribution in [1.82, 2.24) is 29.4 Å². The second kappa shape index (κ2) is 18.0. The van der Waals surface area contributed by atoms with Crippen LogP contribution < -0.4 is 0 Å². The first-order chi connectivity index (χ1) is 23.5. The van der Waals surface area contributed by atoms with Gasteiger partial charge in [0.2, 0.25) is 11.8 Å². The molecule has 20 nitrogen and oxygen atoms in total. The fourth-order valence-electron chi connectivity index (χ4n) is 6.06. The lowest BCUT2D eigenvalue weighted by Crippen LogP contribution is -2.55. The highest BCUT2D eigenvalue weighted by atomic mass is 16.4. The maximum Gasteiger partial charge on any atom is 0.323 e. The topological polar surface area (TPSA) is 277 Å². The first-order valence-corrected chi connectivity index (χ1v) is 15.5. The fraction of sp³-hybridized carbons (Fsp3) is 0.533. The Labute approximate surface area is 285 Å². The summed E-state index contributed by atoms with van der Waals surface area (Å²) in [7, 11) is 0. The molecule has 1 aromatic carbocycles. The molecule has 0 aliphatic carbocycles. The molecule has 0 saturated carbocycles. The Balaban J connectivity index is 1.92. The molecule has 0 radical (unpaired) electrons. The number of carbonyl (C=O) groups excluding carboxylic acids is 2. The van der Waals surface area contributed by atoms with Crippen molar-refractivity contribution >= 4 is 47.6 Å². The number of carboxylic acid groups (broad SMARTS) is 6.